The number of benzene rings is 2. The fourth-order valence-electron chi connectivity index (χ4n) is 1.75. The van der Waals surface area contributed by atoms with E-state index in [0.29, 0.717) is 9.26 Å². The highest BCUT2D eigenvalue weighted by Gasteiger charge is 2.19. The highest BCUT2D eigenvalue weighted by Crippen LogP contribution is 2.23. The number of rotatable bonds is 3. The summed E-state index contributed by atoms with van der Waals surface area (Å²) in [7, 11) is 1.53. The second-order valence-corrected chi connectivity index (χ2v) is 5.42. The van der Waals surface area contributed by atoms with Gasteiger partial charge in [-0.15, -0.1) is 0 Å². The van der Waals surface area contributed by atoms with Gasteiger partial charge in [-0.3, -0.25) is 14.9 Å². The molecule has 2 aromatic rings. The Morgan fingerprint density at radius 3 is 2.43 bits per heavy atom. The van der Waals surface area contributed by atoms with Gasteiger partial charge in [0.1, 0.15) is 5.82 Å². The number of amides is 1. The fourth-order valence-corrected chi connectivity index (χ4v) is 2.32. The molecular formula is C14H10FIN2O3. The number of halogens is 2. The van der Waals surface area contributed by atoms with Crippen LogP contribution < -0.4 is 4.90 Å². The molecule has 0 atom stereocenters. The first-order valence-corrected chi connectivity index (χ1v) is 6.95. The van der Waals surface area contributed by atoms with E-state index in [1.165, 1.54) is 54.4 Å². The molecule has 2 rings (SSSR count). The van der Waals surface area contributed by atoms with Crippen molar-refractivity contribution in [2.75, 3.05) is 11.9 Å². The zero-order chi connectivity index (χ0) is 15.6. The van der Waals surface area contributed by atoms with Crippen LogP contribution in [0.25, 0.3) is 0 Å². The van der Waals surface area contributed by atoms with Gasteiger partial charge in [0, 0.05) is 28.4 Å². The van der Waals surface area contributed by atoms with Crippen molar-refractivity contribution in [1.82, 2.24) is 0 Å². The molecule has 5 nitrogen and oxygen atoms in total. The van der Waals surface area contributed by atoms with Crippen LogP contribution in [0.3, 0.4) is 0 Å². The number of carbonyl (C=O) groups is 1. The van der Waals surface area contributed by atoms with Gasteiger partial charge in [-0.1, -0.05) is 0 Å². The molecular weight excluding hydrogens is 390 g/mol. The molecule has 0 N–H and O–H groups in total. The molecule has 108 valence electrons. The monoisotopic (exact) mass is 400 g/mol. The van der Waals surface area contributed by atoms with Gasteiger partial charge in [-0.2, -0.15) is 0 Å². The van der Waals surface area contributed by atoms with Crippen LogP contribution in [0.15, 0.2) is 42.5 Å². The standard InChI is InChI=1S/C14H10FIN2O3/c1-17(10-4-2-9(15)3-5-10)14(19)12-8-11(18(20)21)6-7-13(12)16/h2-8H,1H3. The van der Waals surface area contributed by atoms with Crippen molar-refractivity contribution in [2.24, 2.45) is 0 Å². The van der Waals surface area contributed by atoms with Crippen LogP contribution in [0.4, 0.5) is 15.8 Å². The van der Waals surface area contributed by atoms with Crippen LogP contribution in [-0.4, -0.2) is 17.9 Å². The van der Waals surface area contributed by atoms with E-state index in [9.17, 15) is 19.3 Å². The van der Waals surface area contributed by atoms with Gasteiger partial charge in [0.2, 0.25) is 0 Å². The van der Waals surface area contributed by atoms with Crippen LogP contribution in [0, 0.1) is 19.5 Å². The Hall–Kier alpha value is -2.03. The predicted octanol–water partition coefficient (Wildman–Crippen LogP) is 3.62. The average molecular weight is 400 g/mol. The molecule has 0 radical (unpaired) electrons. The molecule has 0 aromatic heterocycles. The van der Waals surface area contributed by atoms with Crippen molar-refractivity contribution in [3.8, 4) is 0 Å². The van der Waals surface area contributed by atoms with E-state index >= 15 is 0 Å². The summed E-state index contributed by atoms with van der Waals surface area (Å²) in [6.07, 6.45) is 0. The lowest BCUT2D eigenvalue weighted by Crippen LogP contribution is -2.27. The summed E-state index contributed by atoms with van der Waals surface area (Å²) in [5, 5.41) is 10.8. The van der Waals surface area contributed by atoms with E-state index in [-0.39, 0.29) is 11.3 Å². The van der Waals surface area contributed by atoms with E-state index in [1.54, 1.807) is 0 Å². The second kappa shape index (κ2) is 6.17. The highest BCUT2D eigenvalue weighted by atomic mass is 127. The fraction of sp³-hybridized carbons (Fsp3) is 0.0714. The van der Waals surface area contributed by atoms with E-state index in [2.05, 4.69) is 0 Å². The van der Waals surface area contributed by atoms with Crippen molar-refractivity contribution in [3.05, 3.63) is 67.5 Å². The molecule has 7 heteroatoms. The minimum atomic E-state index is -0.551. The summed E-state index contributed by atoms with van der Waals surface area (Å²) in [4.78, 5) is 24.0. The van der Waals surface area contributed by atoms with Gasteiger partial charge in [0.25, 0.3) is 11.6 Å². The Balaban J connectivity index is 2.37. The van der Waals surface area contributed by atoms with Gasteiger partial charge in [0.05, 0.1) is 10.5 Å². The van der Waals surface area contributed by atoms with Crippen molar-refractivity contribution < 1.29 is 14.1 Å². The summed E-state index contributed by atoms with van der Waals surface area (Å²) in [5.41, 5.74) is 0.589. The van der Waals surface area contributed by atoms with Crippen LogP contribution in [0.2, 0.25) is 0 Å². The molecule has 0 bridgehead atoms. The molecule has 2 aromatic carbocycles. The molecule has 0 aliphatic heterocycles. The first-order chi connectivity index (χ1) is 9.90. The number of non-ortho nitro benzene ring substituents is 1. The Labute approximate surface area is 133 Å². The molecule has 0 fully saturated rings. The number of nitro groups is 1. The van der Waals surface area contributed by atoms with E-state index in [1.807, 2.05) is 22.6 Å². The maximum Gasteiger partial charge on any atom is 0.270 e. The Morgan fingerprint density at radius 1 is 1.24 bits per heavy atom. The van der Waals surface area contributed by atoms with Crippen LogP contribution in [0.1, 0.15) is 10.4 Å². The third-order valence-electron chi connectivity index (χ3n) is 2.91. The summed E-state index contributed by atoms with van der Waals surface area (Å²) >= 11 is 1.94. The third-order valence-corrected chi connectivity index (χ3v) is 3.85. The summed E-state index contributed by atoms with van der Waals surface area (Å²) < 4.78 is 13.5. The zero-order valence-corrected chi connectivity index (χ0v) is 13.1. The molecule has 0 aliphatic rings. The first kappa shape index (κ1) is 15.4. The lowest BCUT2D eigenvalue weighted by Gasteiger charge is -2.18. The lowest BCUT2D eigenvalue weighted by molar-refractivity contribution is -0.384. The molecule has 0 saturated heterocycles. The van der Waals surface area contributed by atoms with E-state index in [0.717, 1.165) is 0 Å². The van der Waals surface area contributed by atoms with E-state index < -0.39 is 16.6 Å². The van der Waals surface area contributed by atoms with Crippen molar-refractivity contribution >= 4 is 39.9 Å². The molecule has 0 spiro atoms. The van der Waals surface area contributed by atoms with Crippen LogP contribution >= 0.6 is 22.6 Å². The SMILES string of the molecule is CN(C(=O)c1cc([N+](=O)[O-])ccc1I)c1ccc(F)cc1. The Morgan fingerprint density at radius 2 is 1.86 bits per heavy atom. The Bertz CT molecular complexity index is 704. The van der Waals surface area contributed by atoms with E-state index in [4.69, 9.17) is 0 Å². The lowest BCUT2D eigenvalue weighted by atomic mass is 10.1. The van der Waals surface area contributed by atoms with Crippen molar-refractivity contribution in [1.29, 1.82) is 0 Å². The van der Waals surface area contributed by atoms with Crippen LogP contribution in [-0.2, 0) is 0 Å². The van der Waals surface area contributed by atoms with Gasteiger partial charge >= 0.3 is 0 Å². The number of carbonyl (C=O) groups excluding carboxylic acids is 1. The van der Waals surface area contributed by atoms with Crippen molar-refractivity contribution in [3.63, 3.8) is 0 Å². The molecule has 21 heavy (non-hydrogen) atoms. The van der Waals surface area contributed by atoms with Gasteiger partial charge in [-0.25, -0.2) is 4.39 Å². The number of anilines is 1. The molecule has 0 unspecified atom stereocenters. The smallest absolute Gasteiger partial charge is 0.270 e. The maximum absolute atomic E-state index is 12.9. The highest BCUT2D eigenvalue weighted by molar-refractivity contribution is 14.1. The van der Waals surface area contributed by atoms with Gasteiger partial charge in [0.15, 0.2) is 0 Å². The van der Waals surface area contributed by atoms with Crippen LogP contribution in [0.5, 0.6) is 0 Å². The third kappa shape index (κ3) is 3.35. The number of hydrogen-bond acceptors (Lipinski definition) is 3. The number of nitrogens with zero attached hydrogens (tertiary/aromatic N) is 2. The zero-order valence-electron chi connectivity index (χ0n) is 10.9. The minimum Gasteiger partial charge on any atom is -0.311 e. The normalized spacial score (nSPS) is 10.2. The molecule has 0 heterocycles. The van der Waals surface area contributed by atoms with Crippen molar-refractivity contribution in [2.45, 2.75) is 0 Å². The molecule has 0 aliphatic carbocycles. The topological polar surface area (TPSA) is 63.5 Å². The van der Waals surface area contributed by atoms with Gasteiger partial charge < -0.3 is 4.90 Å². The summed E-state index contributed by atoms with van der Waals surface area (Å²) in [5.74, 6) is -0.792. The molecule has 1 amide bonds. The summed E-state index contributed by atoms with van der Waals surface area (Å²) in [6, 6.07) is 9.54. The maximum atomic E-state index is 12.9. The largest absolute Gasteiger partial charge is 0.311 e. The number of hydrogen-bond donors (Lipinski definition) is 0. The second-order valence-electron chi connectivity index (χ2n) is 4.26. The first-order valence-electron chi connectivity index (χ1n) is 5.87. The average Bonchev–Trinajstić information content (AvgIpc) is 2.47. The molecule has 0 saturated carbocycles. The van der Waals surface area contributed by atoms with Gasteiger partial charge in [-0.05, 0) is 52.9 Å². The predicted molar refractivity (Wildman–Crippen MR) is 84.9 cm³/mol. The summed E-state index contributed by atoms with van der Waals surface area (Å²) in [6.45, 7) is 0. The minimum absolute atomic E-state index is 0.147. The quantitative estimate of drug-likeness (QED) is 0.449. The number of nitro benzene ring substituents is 1. The Kier molecular flexibility index (Phi) is 4.51.